The van der Waals surface area contributed by atoms with Crippen LogP contribution in [-0.2, 0) is 16.5 Å². The van der Waals surface area contributed by atoms with Gasteiger partial charge in [0.1, 0.15) is 11.8 Å². The highest BCUT2D eigenvalue weighted by Gasteiger charge is 2.36. The summed E-state index contributed by atoms with van der Waals surface area (Å²) in [4.78, 5) is 14.5. The highest BCUT2D eigenvalue weighted by molar-refractivity contribution is 5.93. The molecule has 0 aliphatic carbocycles. The maximum Gasteiger partial charge on any atom is 0.270 e. The highest BCUT2D eigenvalue weighted by Crippen LogP contribution is 2.23. The van der Waals surface area contributed by atoms with E-state index in [1.54, 1.807) is 35.9 Å². The molecule has 2 heterocycles. The minimum atomic E-state index is -0.416. The molecular weight excluding hydrogens is 270 g/mol. The van der Waals surface area contributed by atoms with E-state index in [0.29, 0.717) is 31.0 Å². The van der Waals surface area contributed by atoms with Crippen LogP contribution in [0.1, 0.15) is 29.9 Å². The minimum absolute atomic E-state index is 0.0866. The van der Waals surface area contributed by atoms with Gasteiger partial charge in [0.25, 0.3) is 5.91 Å². The Balaban J connectivity index is 2.21. The van der Waals surface area contributed by atoms with Crippen molar-refractivity contribution < 1.29 is 14.3 Å². The monoisotopic (exact) mass is 291 g/mol. The van der Waals surface area contributed by atoms with Gasteiger partial charge in [-0.3, -0.25) is 4.79 Å². The van der Waals surface area contributed by atoms with Crippen molar-refractivity contribution in [2.75, 3.05) is 26.8 Å². The van der Waals surface area contributed by atoms with Gasteiger partial charge in [-0.15, -0.1) is 0 Å². The lowest BCUT2D eigenvalue weighted by atomic mass is 10.0. The van der Waals surface area contributed by atoms with Crippen LogP contribution in [0.4, 0.5) is 0 Å². The fraction of sp³-hybridized carbons (Fsp3) is 0.600. The number of aryl methyl sites for hydroxylation is 1. The lowest BCUT2D eigenvalue weighted by Gasteiger charge is -2.42. The molecule has 1 aliphatic heterocycles. The van der Waals surface area contributed by atoms with Crippen molar-refractivity contribution in [2.24, 2.45) is 7.05 Å². The van der Waals surface area contributed by atoms with Crippen LogP contribution in [0.3, 0.4) is 0 Å². The molecule has 1 amide bonds. The van der Waals surface area contributed by atoms with Gasteiger partial charge in [-0.1, -0.05) is 0 Å². The lowest BCUT2D eigenvalue weighted by Crippen LogP contribution is -2.55. The number of morpholine rings is 1. The van der Waals surface area contributed by atoms with Gasteiger partial charge in [0.15, 0.2) is 0 Å². The van der Waals surface area contributed by atoms with Gasteiger partial charge in [0, 0.05) is 33.4 Å². The summed E-state index contributed by atoms with van der Waals surface area (Å²) in [5, 5.41) is 8.94. The van der Waals surface area contributed by atoms with Crippen molar-refractivity contribution in [1.29, 1.82) is 5.26 Å². The van der Waals surface area contributed by atoms with Crippen LogP contribution in [0.2, 0.25) is 0 Å². The number of nitriles is 1. The molecule has 0 spiro atoms. The van der Waals surface area contributed by atoms with Crippen molar-refractivity contribution >= 4 is 5.91 Å². The molecule has 6 heteroatoms. The Bertz CT molecular complexity index is 571. The largest absolute Gasteiger partial charge is 0.382 e. The molecule has 1 saturated heterocycles. The smallest absolute Gasteiger partial charge is 0.270 e. The van der Waals surface area contributed by atoms with Crippen LogP contribution in [0.25, 0.3) is 0 Å². The number of rotatable bonds is 3. The fourth-order valence-electron chi connectivity index (χ4n) is 2.72. The number of carbonyl (C=O) groups is 1. The number of ether oxygens (including phenoxy) is 2. The molecule has 0 aromatic carbocycles. The summed E-state index contributed by atoms with van der Waals surface area (Å²) in [6.45, 7) is 5.37. The van der Waals surface area contributed by atoms with Crippen molar-refractivity contribution in [3.05, 3.63) is 23.5 Å². The molecule has 1 aromatic rings. The summed E-state index contributed by atoms with van der Waals surface area (Å²) in [5.41, 5.74) is 0.586. The first kappa shape index (κ1) is 15.5. The molecule has 1 fully saturated rings. The zero-order valence-corrected chi connectivity index (χ0v) is 12.9. The minimum Gasteiger partial charge on any atom is -0.382 e. The predicted octanol–water partition coefficient (Wildman–Crippen LogP) is 1.16. The molecule has 0 N–H and O–H groups in total. The lowest BCUT2D eigenvalue weighted by molar-refractivity contribution is -0.143. The van der Waals surface area contributed by atoms with Crippen LogP contribution in [-0.4, -0.2) is 53.9 Å². The molecule has 1 aromatic heterocycles. The second-order valence-electron chi connectivity index (χ2n) is 5.98. The van der Waals surface area contributed by atoms with E-state index in [2.05, 4.69) is 6.07 Å². The molecular formula is C15H21N3O3. The Morgan fingerprint density at radius 2 is 2.33 bits per heavy atom. The molecule has 0 saturated carbocycles. The van der Waals surface area contributed by atoms with Gasteiger partial charge in [0.2, 0.25) is 0 Å². The summed E-state index contributed by atoms with van der Waals surface area (Å²) in [6, 6.07) is 3.68. The molecule has 0 radical (unpaired) electrons. The SMILES string of the molecule is COCC1CN(C(=O)c2cc(C#N)cn2C)CC(C)(C)O1. The third kappa shape index (κ3) is 3.43. The average Bonchev–Trinajstić information content (AvgIpc) is 2.77. The number of methoxy groups -OCH3 is 1. The summed E-state index contributed by atoms with van der Waals surface area (Å²) in [7, 11) is 3.39. The standard InChI is InChI=1S/C15H21N3O3/c1-15(2)10-18(8-12(21-15)9-20-4)14(19)13-5-11(6-16)7-17(13)3/h5,7,12H,8-10H2,1-4H3. The molecule has 0 bridgehead atoms. The maximum atomic E-state index is 12.7. The topological polar surface area (TPSA) is 67.5 Å². The van der Waals surface area contributed by atoms with E-state index >= 15 is 0 Å². The number of aromatic nitrogens is 1. The summed E-state index contributed by atoms with van der Waals surface area (Å²) >= 11 is 0. The molecule has 1 unspecified atom stereocenters. The summed E-state index contributed by atoms with van der Waals surface area (Å²) in [5.74, 6) is -0.0866. The van der Waals surface area contributed by atoms with Crippen molar-refractivity contribution in [3.8, 4) is 6.07 Å². The molecule has 6 nitrogen and oxygen atoms in total. The van der Waals surface area contributed by atoms with Gasteiger partial charge in [-0.05, 0) is 19.9 Å². The molecule has 1 atom stereocenters. The van der Waals surface area contributed by atoms with E-state index in [0.717, 1.165) is 0 Å². The third-order valence-electron chi connectivity index (χ3n) is 3.47. The first-order chi connectivity index (χ1) is 9.86. The van der Waals surface area contributed by atoms with E-state index in [1.165, 1.54) is 0 Å². The summed E-state index contributed by atoms with van der Waals surface area (Å²) < 4.78 is 12.7. The Kier molecular flexibility index (Phi) is 4.35. The molecule has 21 heavy (non-hydrogen) atoms. The van der Waals surface area contributed by atoms with Crippen LogP contribution in [0, 0.1) is 11.3 Å². The van der Waals surface area contributed by atoms with Gasteiger partial charge < -0.3 is 18.9 Å². The quantitative estimate of drug-likeness (QED) is 0.838. The van der Waals surface area contributed by atoms with E-state index in [4.69, 9.17) is 14.7 Å². The fourth-order valence-corrected chi connectivity index (χ4v) is 2.72. The van der Waals surface area contributed by atoms with Gasteiger partial charge in [-0.25, -0.2) is 0 Å². The number of hydrogen-bond donors (Lipinski definition) is 0. The first-order valence-corrected chi connectivity index (χ1v) is 6.89. The number of amides is 1. The van der Waals surface area contributed by atoms with Crippen LogP contribution in [0.15, 0.2) is 12.3 Å². The van der Waals surface area contributed by atoms with Gasteiger partial charge >= 0.3 is 0 Å². The van der Waals surface area contributed by atoms with E-state index in [1.807, 2.05) is 13.8 Å². The third-order valence-corrected chi connectivity index (χ3v) is 3.47. The highest BCUT2D eigenvalue weighted by atomic mass is 16.5. The number of nitrogens with zero attached hydrogens (tertiary/aromatic N) is 3. The van der Waals surface area contributed by atoms with E-state index in [9.17, 15) is 4.79 Å². The maximum absolute atomic E-state index is 12.7. The second-order valence-corrected chi connectivity index (χ2v) is 5.98. The van der Waals surface area contributed by atoms with Crippen molar-refractivity contribution in [1.82, 2.24) is 9.47 Å². The molecule has 1 aliphatic rings. The van der Waals surface area contributed by atoms with Gasteiger partial charge in [-0.2, -0.15) is 5.26 Å². The Morgan fingerprint density at radius 3 is 2.90 bits per heavy atom. The predicted molar refractivity (Wildman–Crippen MR) is 76.9 cm³/mol. The van der Waals surface area contributed by atoms with E-state index in [-0.39, 0.29) is 12.0 Å². The van der Waals surface area contributed by atoms with Gasteiger partial charge in [0.05, 0.1) is 23.9 Å². The van der Waals surface area contributed by atoms with Crippen LogP contribution >= 0.6 is 0 Å². The normalized spacial score (nSPS) is 21.1. The average molecular weight is 291 g/mol. The molecule has 114 valence electrons. The Hall–Kier alpha value is -1.84. The Labute approximate surface area is 124 Å². The first-order valence-electron chi connectivity index (χ1n) is 6.89. The zero-order chi connectivity index (χ0) is 15.6. The van der Waals surface area contributed by atoms with Crippen molar-refractivity contribution in [2.45, 2.75) is 25.6 Å². The molecule has 2 rings (SSSR count). The number of hydrogen-bond acceptors (Lipinski definition) is 4. The number of carbonyl (C=O) groups excluding carboxylic acids is 1. The zero-order valence-electron chi connectivity index (χ0n) is 12.9. The van der Waals surface area contributed by atoms with Crippen molar-refractivity contribution in [3.63, 3.8) is 0 Å². The Morgan fingerprint density at radius 1 is 1.62 bits per heavy atom. The van der Waals surface area contributed by atoms with Crippen LogP contribution < -0.4 is 0 Å². The summed E-state index contributed by atoms with van der Waals surface area (Å²) in [6.07, 6.45) is 1.52. The second kappa shape index (κ2) is 5.88. The van der Waals surface area contributed by atoms with Crippen LogP contribution in [0.5, 0.6) is 0 Å². The van der Waals surface area contributed by atoms with E-state index < -0.39 is 5.60 Å².